The summed E-state index contributed by atoms with van der Waals surface area (Å²) >= 11 is 0. The summed E-state index contributed by atoms with van der Waals surface area (Å²) in [6, 6.07) is 27.1. The number of aromatic hydroxyl groups is 1. The van der Waals surface area contributed by atoms with Crippen LogP contribution in [-0.2, 0) is 49.7 Å². The van der Waals surface area contributed by atoms with E-state index >= 15 is 0 Å². The molecule has 0 fully saturated rings. The molecule has 274 valence electrons. The number of aromatic amines is 1. The van der Waals surface area contributed by atoms with E-state index in [1.54, 1.807) is 18.3 Å². The fraction of sp³-hybridized carbons (Fsp3) is 0.225. The summed E-state index contributed by atoms with van der Waals surface area (Å²) in [4.78, 5) is 69.0. The van der Waals surface area contributed by atoms with Gasteiger partial charge in [-0.3, -0.25) is 19.2 Å². The molecule has 9 N–H and O–H groups in total. The lowest BCUT2D eigenvalue weighted by atomic mass is 10.0. The largest absolute Gasteiger partial charge is 0.508 e. The Morgan fingerprint density at radius 1 is 0.604 bits per heavy atom. The predicted molar refractivity (Wildman–Crippen MR) is 199 cm³/mol. The van der Waals surface area contributed by atoms with E-state index in [1.165, 1.54) is 12.1 Å². The van der Waals surface area contributed by atoms with Gasteiger partial charge in [0.15, 0.2) is 0 Å². The molecule has 13 heteroatoms. The minimum absolute atomic E-state index is 0.0158. The van der Waals surface area contributed by atoms with Crippen molar-refractivity contribution >= 4 is 40.5 Å². The number of phenols is 1. The first-order chi connectivity index (χ1) is 25.5. The van der Waals surface area contributed by atoms with Crippen LogP contribution in [0.2, 0.25) is 0 Å². The van der Waals surface area contributed by atoms with E-state index in [9.17, 15) is 34.2 Å². The molecule has 53 heavy (non-hydrogen) atoms. The van der Waals surface area contributed by atoms with E-state index in [0.717, 1.165) is 27.6 Å². The van der Waals surface area contributed by atoms with Crippen LogP contribution in [0.5, 0.6) is 5.75 Å². The van der Waals surface area contributed by atoms with E-state index in [0.29, 0.717) is 5.56 Å². The van der Waals surface area contributed by atoms with Gasteiger partial charge in [-0.1, -0.05) is 91.0 Å². The van der Waals surface area contributed by atoms with Gasteiger partial charge in [-0.05, 0) is 46.9 Å². The number of carboxylic acid groups (broad SMARTS) is 1. The van der Waals surface area contributed by atoms with Gasteiger partial charge in [0.1, 0.15) is 23.9 Å². The van der Waals surface area contributed by atoms with Crippen LogP contribution < -0.4 is 27.0 Å². The Morgan fingerprint density at radius 3 is 1.81 bits per heavy atom. The minimum Gasteiger partial charge on any atom is -0.508 e. The van der Waals surface area contributed by atoms with E-state index < -0.39 is 60.3 Å². The number of nitrogens with two attached hydrogens (primary N) is 1. The molecule has 0 aliphatic carbocycles. The Bertz CT molecular complexity index is 2020. The zero-order chi connectivity index (χ0) is 37.7. The highest BCUT2D eigenvalue weighted by molar-refractivity contribution is 5.95. The van der Waals surface area contributed by atoms with Crippen molar-refractivity contribution in [2.45, 2.75) is 49.9 Å². The van der Waals surface area contributed by atoms with Crippen LogP contribution >= 0.6 is 0 Å². The number of fused-ring (bicyclic) bond motifs is 1. The van der Waals surface area contributed by atoms with E-state index in [2.05, 4.69) is 26.3 Å². The zero-order valence-corrected chi connectivity index (χ0v) is 28.8. The molecule has 13 nitrogen and oxygen atoms in total. The second-order valence-electron chi connectivity index (χ2n) is 12.7. The van der Waals surface area contributed by atoms with Gasteiger partial charge in [-0.25, -0.2) is 4.79 Å². The van der Waals surface area contributed by atoms with E-state index in [4.69, 9.17) is 5.73 Å². The summed E-state index contributed by atoms with van der Waals surface area (Å²) in [7, 11) is 0. The highest BCUT2D eigenvalue weighted by Gasteiger charge is 2.30. The lowest BCUT2D eigenvalue weighted by molar-refractivity contribution is -0.141. The van der Waals surface area contributed by atoms with Gasteiger partial charge in [-0.15, -0.1) is 0 Å². The molecule has 0 spiro atoms. The average molecular weight is 719 g/mol. The van der Waals surface area contributed by atoms with Crippen molar-refractivity contribution in [3.05, 3.63) is 138 Å². The Hall–Kier alpha value is -6.47. The van der Waals surface area contributed by atoms with Gasteiger partial charge in [0.05, 0.1) is 12.6 Å². The number of nitrogens with one attached hydrogen (secondary N) is 5. The van der Waals surface area contributed by atoms with Crippen LogP contribution in [0, 0.1) is 0 Å². The zero-order valence-electron chi connectivity index (χ0n) is 28.8. The predicted octanol–water partition coefficient (Wildman–Crippen LogP) is 2.13. The Kier molecular flexibility index (Phi) is 12.9. The summed E-state index contributed by atoms with van der Waals surface area (Å²) in [5.74, 6) is -3.91. The van der Waals surface area contributed by atoms with Gasteiger partial charge in [0, 0.05) is 36.4 Å². The topological polar surface area (TPSA) is 216 Å². The first-order valence-electron chi connectivity index (χ1n) is 17.1. The van der Waals surface area contributed by atoms with Crippen molar-refractivity contribution in [3.8, 4) is 5.75 Å². The number of aromatic nitrogens is 1. The van der Waals surface area contributed by atoms with Gasteiger partial charge < -0.3 is 42.2 Å². The average Bonchev–Trinajstić information content (AvgIpc) is 3.57. The van der Waals surface area contributed by atoms with Crippen molar-refractivity contribution in [2.75, 3.05) is 6.54 Å². The molecule has 0 saturated heterocycles. The fourth-order valence-corrected chi connectivity index (χ4v) is 5.90. The maximum absolute atomic E-state index is 14.0. The maximum Gasteiger partial charge on any atom is 0.326 e. The fourth-order valence-electron chi connectivity index (χ4n) is 5.90. The molecule has 5 aromatic rings. The van der Waals surface area contributed by atoms with Crippen LogP contribution in [0.15, 0.2) is 115 Å². The smallest absolute Gasteiger partial charge is 0.326 e. The Morgan fingerprint density at radius 2 is 1.15 bits per heavy atom. The summed E-state index contributed by atoms with van der Waals surface area (Å²) in [5, 5.41) is 30.6. The van der Waals surface area contributed by atoms with Crippen molar-refractivity contribution in [2.24, 2.45) is 5.73 Å². The maximum atomic E-state index is 14.0. The summed E-state index contributed by atoms with van der Waals surface area (Å²) in [6.45, 7) is -0.572. The molecule has 5 rings (SSSR count). The van der Waals surface area contributed by atoms with Crippen molar-refractivity contribution < 1.29 is 34.2 Å². The number of para-hydroxylation sites is 1. The van der Waals surface area contributed by atoms with Crippen LogP contribution in [0.1, 0.15) is 22.3 Å². The number of carbonyl (C=O) groups is 5. The molecule has 4 aromatic carbocycles. The molecule has 1 aromatic heterocycles. The van der Waals surface area contributed by atoms with Crippen LogP contribution in [0.25, 0.3) is 10.9 Å². The normalized spacial score (nSPS) is 13.2. The number of H-pyrrole nitrogens is 1. The third kappa shape index (κ3) is 11.0. The Labute approximate surface area is 306 Å². The molecule has 0 radical (unpaired) electrons. The first-order valence-corrected chi connectivity index (χ1v) is 17.1. The molecule has 4 atom stereocenters. The molecule has 4 amide bonds. The molecular formula is C40H42N6O7. The summed E-state index contributed by atoms with van der Waals surface area (Å²) in [6.07, 6.45) is 2.06. The second-order valence-corrected chi connectivity index (χ2v) is 12.7. The number of aliphatic carboxylic acids is 1. The number of hydrogen-bond donors (Lipinski definition) is 8. The van der Waals surface area contributed by atoms with Crippen molar-refractivity contribution in [3.63, 3.8) is 0 Å². The second kappa shape index (κ2) is 18.1. The van der Waals surface area contributed by atoms with E-state index in [1.807, 2.05) is 84.9 Å². The SMILES string of the molecule is N[C@H](Cc1ccccc1)C(=O)N[C@H](Cc1ccccc1)C(=O)N[C@H](Cc1c[nH]c2ccccc12)C(=O)NCC(=O)N[C@H](Cc1ccc(O)cc1)C(=O)O. The van der Waals surface area contributed by atoms with Crippen molar-refractivity contribution in [1.29, 1.82) is 0 Å². The summed E-state index contributed by atoms with van der Waals surface area (Å²) < 4.78 is 0. The number of carbonyl (C=O) groups excluding carboxylic acids is 4. The molecule has 0 bridgehead atoms. The molecule has 0 saturated carbocycles. The van der Waals surface area contributed by atoms with E-state index in [-0.39, 0.29) is 31.4 Å². The number of phenolic OH excluding ortho intramolecular Hbond substituents is 1. The third-order valence-corrected chi connectivity index (χ3v) is 8.72. The van der Waals surface area contributed by atoms with Crippen LogP contribution in [-0.4, -0.2) is 75.5 Å². The monoisotopic (exact) mass is 718 g/mol. The van der Waals surface area contributed by atoms with Crippen LogP contribution in [0.4, 0.5) is 0 Å². The number of carboxylic acids is 1. The standard InChI is InChI=1S/C40H42N6O7/c41-31(19-25-9-3-1-4-10-25)37(49)45-33(20-26-11-5-2-6-12-26)39(51)46-34(22-28-23-42-32-14-8-7-13-30(28)32)38(50)43-24-36(48)44-35(40(52)53)21-27-15-17-29(47)18-16-27/h1-18,23,31,33-35,42,47H,19-22,24,41H2,(H,43,50)(H,44,48)(H,45,49)(H,46,51)(H,52,53)/t31-,33-,34-,35-/m1/s1. The molecular weight excluding hydrogens is 676 g/mol. The van der Waals surface area contributed by atoms with Gasteiger partial charge in [0.2, 0.25) is 23.6 Å². The lowest BCUT2D eigenvalue weighted by Crippen LogP contribution is -2.57. The number of amides is 4. The third-order valence-electron chi connectivity index (χ3n) is 8.72. The number of benzene rings is 4. The molecule has 0 aliphatic rings. The van der Waals surface area contributed by atoms with Crippen molar-refractivity contribution in [1.82, 2.24) is 26.3 Å². The minimum atomic E-state index is -1.30. The number of hydrogen-bond acceptors (Lipinski definition) is 7. The highest BCUT2D eigenvalue weighted by Crippen LogP contribution is 2.19. The lowest BCUT2D eigenvalue weighted by Gasteiger charge is -2.24. The molecule has 0 unspecified atom stereocenters. The number of rotatable bonds is 17. The summed E-state index contributed by atoms with van der Waals surface area (Å²) in [5.41, 5.74) is 9.99. The first kappa shape index (κ1) is 37.8. The Balaban J connectivity index is 1.31. The van der Waals surface area contributed by atoms with Gasteiger partial charge >= 0.3 is 5.97 Å². The molecule has 0 aliphatic heterocycles. The van der Waals surface area contributed by atoms with Gasteiger partial charge in [0.25, 0.3) is 0 Å². The highest BCUT2D eigenvalue weighted by atomic mass is 16.4. The van der Waals surface area contributed by atoms with Crippen LogP contribution in [0.3, 0.4) is 0 Å². The van der Waals surface area contributed by atoms with Gasteiger partial charge in [-0.2, -0.15) is 0 Å². The quantitative estimate of drug-likeness (QED) is 0.0711. The molecule has 1 heterocycles.